The summed E-state index contributed by atoms with van der Waals surface area (Å²) in [4.78, 5) is 0. The summed E-state index contributed by atoms with van der Waals surface area (Å²) in [5, 5.41) is 17.3. The fourth-order valence-electron chi connectivity index (χ4n) is 9.95. The Kier molecular flexibility index (Phi) is 6.66. The van der Waals surface area contributed by atoms with Crippen molar-refractivity contribution in [3.63, 3.8) is 0 Å². The Labute approximate surface area is 337 Å². The molecule has 0 aliphatic rings. The molecule has 0 saturated heterocycles. The highest BCUT2D eigenvalue weighted by molar-refractivity contribution is 7.26. The quantitative estimate of drug-likeness (QED) is 0.164. The maximum Gasteiger partial charge on any atom is 0.143 e. The molecule has 13 aromatic rings. The van der Waals surface area contributed by atoms with E-state index < -0.39 is 0 Å². The molecule has 1 nitrogen and oxygen atoms in total. The van der Waals surface area contributed by atoms with Gasteiger partial charge in [-0.15, -0.1) is 11.3 Å². The minimum absolute atomic E-state index is 0.935. The van der Waals surface area contributed by atoms with Gasteiger partial charge in [0.1, 0.15) is 11.2 Å². The van der Waals surface area contributed by atoms with Crippen LogP contribution in [0, 0.1) is 0 Å². The van der Waals surface area contributed by atoms with Crippen molar-refractivity contribution in [2.75, 3.05) is 0 Å². The summed E-state index contributed by atoms with van der Waals surface area (Å²) in [6.07, 6.45) is 0. The summed E-state index contributed by atoms with van der Waals surface area (Å²) in [5.74, 6) is 0. The third-order valence-corrected chi connectivity index (χ3v) is 13.6. The highest BCUT2D eigenvalue weighted by atomic mass is 32.1. The van der Waals surface area contributed by atoms with E-state index in [9.17, 15) is 0 Å². The number of hydrogen-bond acceptors (Lipinski definition) is 2. The minimum atomic E-state index is 0.935. The van der Waals surface area contributed by atoms with Gasteiger partial charge >= 0.3 is 0 Å². The first-order chi connectivity index (χ1) is 28.8. The van der Waals surface area contributed by atoms with Crippen molar-refractivity contribution < 1.29 is 4.42 Å². The molecule has 2 heterocycles. The van der Waals surface area contributed by atoms with Crippen molar-refractivity contribution in [3.05, 3.63) is 194 Å². The van der Waals surface area contributed by atoms with Gasteiger partial charge in [0.2, 0.25) is 0 Å². The van der Waals surface area contributed by atoms with E-state index in [0.29, 0.717) is 0 Å². The van der Waals surface area contributed by atoms with Gasteiger partial charge in [0, 0.05) is 36.3 Å². The summed E-state index contributed by atoms with van der Waals surface area (Å²) in [6.45, 7) is 0. The Morgan fingerprint density at radius 2 is 0.845 bits per heavy atom. The maximum atomic E-state index is 6.64. The van der Waals surface area contributed by atoms with Crippen LogP contribution in [0.2, 0.25) is 0 Å². The van der Waals surface area contributed by atoms with Crippen molar-refractivity contribution in [1.82, 2.24) is 0 Å². The van der Waals surface area contributed by atoms with Crippen LogP contribution in [0.4, 0.5) is 0 Å². The molecule has 268 valence electrons. The lowest BCUT2D eigenvalue weighted by Crippen LogP contribution is -1.93. The second kappa shape index (κ2) is 12.1. The van der Waals surface area contributed by atoms with Crippen LogP contribution in [-0.4, -0.2) is 0 Å². The second-order valence-electron chi connectivity index (χ2n) is 15.5. The molecule has 0 fully saturated rings. The largest absolute Gasteiger partial charge is 0.455 e. The smallest absolute Gasteiger partial charge is 0.143 e. The fraction of sp³-hybridized carbons (Fsp3) is 0. The zero-order chi connectivity index (χ0) is 37.9. The number of fused-ring (bicyclic) bond motifs is 13. The summed E-state index contributed by atoms with van der Waals surface area (Å²) >= 11 is 1.86. The van der Waals surface area contributed by atoms with Crippen LogP contribution in [0.25, 0.3) is 129 Å². The van der Waals surface area contributed by atoms with Crippen molar-refractivity contribution in [2.45, 2.75) is 0 Å². The van der Waals surface area contributed by atoms with Gasteiger partial charge in [-0.2, -0.15) is 0 Å². The number of furan rings is 1. The molecule has 0 saturated carbocycles. The molecule has 0 bridgehead atoms. The monoisotopic (exact) mass is 752 g/mol. The van der Waals surface area contributed by atoms with Gasteiger partial charge < -0.3 is 4.42 Å². The molecule has 0 aliphatic heterocycles. The van der Waals surface area contributed by atoms with E-state index in [0.717, 1.165) is 16.6 Å². The van der Waals surface area contributed by atoms with E-state index >= 15 is 0 Å². The molecule has 13 rings (SSSR count). The van der Waals surface area contributed by atoms with Crippen LogP contribution < -0.4 is 0 Å². The van der Waals surface area contributed by atoms with E-state index in [1.165, 1.54) is 113 Å². The van der Waals surface area contributed by atoms with Crippen LogP contribution in [0.5, 0.6) is 0 Å². The van der Waals surface area contributed by atoms with E-state index in [4.69, 9.17) is 4.42 Å². The normalized spacial score (nSPS) is 12.1. The lowest BCUT2D eigenvalue weighted by atomic mass is 9.83. The van der Waals surface area contributed by atoms with E-state index in [-0.39, 0.29) is 0 Å². The molecule has 2 aromatic heterocycles. The average molecular weight is 753 g/mol. The minimum Gasteiger partial charge on any atom is -0.455 e. The first kappa shape index (κ1) is 31.9. The average Bonchev–Trinajstić information content (AvgIpc) is 3.86. The number of hydrogen-bond donors (Lipinski definition) is 0. The molecule has 0 spiro atoms. The Hall–Kier alpha value is -7.26. The highest BCUT2D eigenvalue weighted by Gasteiger charge is 2.21. The summed E-state index contributed by atoms with van der Waals surface area (Å²) < 4.78 is 9.20. The van der Waals surface area contributed by atoms with Crippen molar-refractivity contribution in [3.8, 4) is 33.4 Å². The third kappa shape index (κ3) is 4.46. The molecular formula is C56H32OS. The van der Waals surface area contributed by atoms with Gasteiger partial charge in [-0.3, -0.25) is 0 Å². The SMILES string of the molecule is c1ccc2c(-c3c4ccccc4c(-c4ccc(-c5ccc6sc7ccc8oc9c%10ccccc%10ccc9c8c7c6c5)c5ccccc45)c4ccccc34)cccc2c1. The van der Waals surface area contributed by atoms with Crippen LogP contribution in [0.1, 0.15) is 0 Å². The molecule has 11 aromatic carbocycles. The summed E-state index contributed by atoms with van der Waals surface area (Å²) in [5.41, 5.74) is 9.42. The Balaban J connectivity index is 1.05. The van der Waals surface area contributed by atoms with Crippen LogP contribution in [0.15, 0.2) is 199 Å². The topological polar surface area (TPSA) is 13.1 Å². The molecule has 0 atom stereocenters. The van der Waals surface area contributed by atoms with Crippen molar-refractivity contribution in [2.24, 2.45) is 0 Å². The number of rotatable bonds is 3. The van der Waals surface area contributed by atoms with Crippen LogP contribution >= 0.6 is 11.3 Å². The molecule has 0 amide bonds. The Bertz CT molecular complexity index is 3800. The molecule has 0 unspecified atom stereocenters. The van der Waals surface area contributed by atoms with Gasteiger partial charge in [0.15, 0.2) is 0 Å². The summed E-state index contributed by atoms with van der Waals surface area (Å²) in [6, 6.07) is 71.5. The van der Waals surface area contributed by atoms with Crippen molar-refractivity contribution >= 4 is 107 Å². The van der Waals surface area contributed by atoms with E-state index in [1.54, 1.807) is 0 Å². The zero-order valence-electron chi connectivity index (χ0n) is 31.3. The predicted molar refractivity (Wildman–Crippen MR) is 250 cm³/mol. The van der Waals surface area contributed by atoms with Gasteiger partial charge in [-0.05, 0) is 112 Å². The van der Waals surface area contributed by atoms with Gasteiger partial charge in [-0.1, -0.05) is 164 Å². The lowest BCUT2D eigenvalue weighted by molar-refractivity contribution is 0.673. The second-order valence-corrected chi connectivity index (χ2v) is 16.5. The van der Waals surface area contributed by atoms with Gasteiger partial charge in [0.25, 0.3) is 0 Å². The highest BCUT2D eigenvalue weighted by Crippen LogP contribution is 2.49. The Morgan fingerprint density at radius 3 is 1.55 bits per heavy atom. The zero-order valence-corrected chi connectivity index (χ0v) is 32.1. The first-order valence-corrected chi connectivity index (χ1v) is 20.7. The number of benzene rings is 11. The fourth-order valence-corrected chi connectivity index (χ4v) is 11.0. The molecule has 0 radical (unpaired) electrons. The first-order valence-electron chi connectivity index (χ1n) is 19.9. The maximum absolute atomic E-state index is 6.64. The lowest BCUT2D eigenvalue weighted by Gasteiger charge is -2.20. The summed E-state index contributed by atoms with van der Waals surface area (Å²) in [7, 11) is 0. The Morgan fingerprint density at radius 1 is 0.310 bits per heavy atom. The van der Waals surface area contributed by atoms with Gasteiger partial charge in [0.05, 0.1) is 0 Å². The number of thiophene rings is 1. The third-order valence-electron chi connectivity index (χ3n) is 12.5. The van der Waals surface area contributed by atoms with Gasteiger partial charge in [-0.25, -0.2) is 0 Å². The van der Waals surface area contributed by atoms with E-state index in [1.807, 2.05) is 11.3 Å². The molecular weight excluding hydrogens is 721 g/mol. The molecule has 0 aliphatic carbocycles. The van der Waals surface area contributed by atoms with Crippen LogP contribution in [-0.2, 0) is 0 Å². The van der Waals surface area contributed by atoms with E-state index in [2.05, 4.69) is 194 Å². The van der Waals surface area contributed by atoms with Crippen molar-refractivity contribution in [1.29, 1.82) is 0 Å². The standard InChI is InChI=1S/C56H32OS/c1-3-15-36-33(12-1)14-11-23-41(36)52-42-19-7-9-21-44(42)53(45-22-10-8-20-43(45)52)46-28-27-37(39-17-5-6-18-40(39)46)35-25-30-50-48(32-35)55-51(58-50)31-29-49-54(55)47-26-24-34-13-2-4-16-38(34)56(47)57-49/h1-32H. The molecule has 2 heteroatoms. The molecule has 58 heavy (non-hydrogen) atoms. The molecule has 0 N–H and O–H groups in total. The van der Waals surface area contributed by atoms with Crippen LogP contribution in [0.3, 0.4) is 0 Å². The predicted octanol–water partition coefficient (Wildman–Crippen LogP) is 16.7.